The van der Waals surface area contributed by atoms with E-state index in [1.807, 2.05) is 37.3 Å². The van der Waals surface area contributed by atoms with Crippen LogP contribution in [0.2, 0.25) is 0 Å². The zero-order valence-electron chi connectivity index (χ0n) is 12.5. The molecule has 110 valence electrons. The summed E-state index contributed by atoms with van der Waals surface area (Å²) in [5.74, 6) is -0.141. The van der Waals surface area contributed by atoms with Crippen LogP contribution < -0.4 is 11.1 Å². The van der Waals surface area contributed by atoms with Gasteiger partial charge in [0.15, 0.2) is 0 Å². The lowest BCUT2D eigenvalue weighted by Gasteiger charge is -2.13. The average Bonchev–Trinajstić information content (AvgIpc) is 2.43. The highest BCUT2D eigenvalue weighted by atomic mass is 32.1. The molecule has 0 saturated heterocycles. The van der Waals surface area contributed by atoms with Gasteiger partial charge in [-0.1, -0.05) is 36.0 Å². The van der Waals surface area contributed by atoms with E-state index in [1.54, 1.807) is 13.8 Å². The van der Waals surface area contributed by atoms with Gasteiger partial charge in [-0.25, -0.2) is 4.39 Å². The number of nitrogens with two attached hydrogens (primary N) is 1. The van der Waals surface area contributed by atoms with Gasteiger partial charge in [-0.3, -0.25) is 0 Å². The first-order valence-corrected chi connectivity index (χ1v) is 7.19. The maximum Gasteiger partial charge on any atom is 0.129 e. The molecule has 2 aromatic carbocycles. The number of aryl methyl sites for hydroxylation is 3. The molecule has 2 aromatic rings. The molecule has 0 unspecified atom stereocenters. The average molecular weight is 302 g/mol. The van der Waals surface area contributed by atoms with Gasteiger partial charge in [0.2, 0.25) is 0 Å². The van der Waals surface area contributed by atoms with Crippen molar-refractivity contribution < 1.29 is 4.39 Å². The van der Waals surface area contributed by atoms with Crippen molar-refractivity contribution in [3.05, 3.63) is 64.0 Å². The highest BCUT2D eigenvalue weighted by Crippen LogP contribution is 2.20. The lowest BCUT2D eigenvalue weighted by atomic mass is 10.1. The molecule has 3 N–H and O–H groups in total. The standard InChI is InChI=1S/C17H19FN2S/c1-10-4-5-15(14(6-10)17(19)21)20-9-13-7-11(2)16(18)12(3)8-13/h4-8,20H,9H2,1-3H3,(H2,19,21). The van der Waals surface area contributed by atoms with E-state index >= 15 is 0 Å². The first-order valence-electron chi connectivity index (χ1n) is 6.78. The fourth-order valence-corrected chi connectivity index (χ4v) is 2.52. The largest absolute Gasteiger partial charge is 0.389 e. The highest BCUT2D eigenvalue weighted by Gasteiger charge is 2.07. The molecular weight excluding hydrogens is 283 g/mol. The van der Waals surface area contributed by atoms with E-state index in [9.17, 15) is 4.39 Å². The van der Waals surface area contributed by atoms with E-state index in [0.717, 1.165) is 22.4 Å². The summed E-state index contributed by atoms with van der Waals surface area (Å²) in [5.41, 5.74) is 10.9. The molecule has 0 aliphatic carbocycles. The van der Waals surface area contributed by atoms with Gasteiger partial charge < -0.3 is 11.1 Å². The Morgan fingerprint density at radius 2 is 1.76 bits per heavy atom. The zero-order chi connectivity index (χ0) is 15.6. The number of benzene rings is 2. The van der Waals surface area contributed by atoms with E-state index in [1.165, 1.54) is 0 Å². The lowest BCUT2D eigenvalue weighted by molar-refractivity contribution is 0.608. The number of nitrogens with one attached hydrogen (secondary N) is 1. The molecule has 0 spiro atoms. The summed E-state index contributed by atoms with van der Waals surface area (Å²) in [6.45, 7) is 6.15. The SMILES string of the molecule is Cc1ccc(NCc2cc(C)c(F)c(C)c2)c(C(N)=S)c1. The predicted molar refractivity (Wildman–Crippen MR) is 90.3 cm³/mol. The summed E-state index contributed by atoms with van der Waals surface area (Å²) < 4.78 is 13.6. The van der Waals surface area contributed by atoms with E-state index < -0.39 is 0 Å². The Morgan fingerprint density at radius 3 is 2.33 bits per heavy atom. The fourth-order valence-electron chi connectivity index (χ4n) is 2.35. The molecule has 21 heavy (non-hydrogen) atoms. The summed E-state index contributed by atoms with van der Waals surface area (Å²) >= 11 is 5.09. The third-order valence-electron chi connectivity index (χ3n) is 3.42. The molecule has 0 amide bonds. The van der Waals surface area contributed by atoms with Gasteiger partial charge in [0.05, 0.1) is 0 Å². The second-order valence-corrected chi connectivity index (χ2v) is 5.75. The number of thiocarbonyl (C=S) groups is 1. The minimum Gasteiger partial charge on any atom is -0.389 e. The molecule has 0 atom stereocenters. The van der Waals surface area contributed by atoms with Crippen LogP contribution in [0.1, 0.15) is 27.8 Å². The first-order chi connectivity index (χ1) is 9.88. The van der Waals surface area contributed by atoms with E-state index in [2.05, 4.69) is 5.32 Å². The molecule has 0 aliphatic rings. The van der Waals surface area contributed by atoms with Crippen molar-refractivity contribution in [2.75, 3.05) is 5.32 Å². The Labute approximate surface area is 130 Å². The fraction of sp³-hybridized carbons (Fsp3) is 0.235. The van der Waals surface area contributed by atoms with Crippen LogP contribution in [-0.4, -0.2) is 4.99 Å². The molecule has 0 fully saturated rings. The lowest BCUT2D eigenvalue weighted by Crippen LogP contribution is -2.13. The van der Waals surface area contributed by atoms with Crippen LogP contribution in [0.5, 0.6) is 0 Å². The van der Waals surface area contributed by atoms with Gasteiger partial charge in [0.1, 0.15) is 10.8 Å². The van der Waals surface area contributed by atoms with Crippen molar-refractivity contribution in [3.8, 4) is 0 Å². The van der Waals surface area contributed by atoms with Crippen molar-refractivity contribution >= 4 is 22.9 Å². The molecule has 0 heterocycles. The molecule has 0 radical (unpaired) electrons. The van der Waals surface area contributed by atoms with Gasteiger partial charge >= 0.3 is 0 Å². The number of rotatable bonds is 4. The van der Waals surface area contributed by atoms with Gasteiger partial charge in [0, 0.05) is 17.8 Å². The van der Waals surface area contributed by atoms with Gasteiger partial charge in [0.25, 0.3) is 0 Å². The van der Waals surface area contributed by atoms with Crippen LogP contribution in [0.4, 0.5) is 10.1 Å². The normalized spacial score (nSPS) is 10.5. The van der Waals surface area contributed by atoms with Crippen molar-refractivity contribution in [3.63, 3.8) is 0 Å². The molecule has 2 rings (SSSR count). The Balaban J connectivity index is 2.22. The van der Waals surface area contributed by atoms with Crippen molar-refractivity contribution in [2.24, 2.45) is 5.73 Å². The third-order valence-corrected chi connectivity index (χ3v) is 3.64. The van der Waals surface area contributed by atoms with Crippen LogP contribution in [0.15, 0.2) is 30.3 Å². The van der Waals surface area contributed by atoms with Crippen molar-refractivity contribution in [1.29, 1.82) is 0 Å². The molecule has 2 nitrogen and oxygen atoms in total. The topological polar surface area (TPSA) is 38.0 Å². The Bertz CT molecular complexity index is 672. The summed E-state index contributed by atoms with van der Waals surface area (Å²) in [5, 5.41) is 3.32. The van der Waals surface area contributed by atoms with Gasteiger partial charge in [-0.15, -0.1) is 0 Å². The maximum absolute atomic E-state index is 13.6. The number of hydrogen-bond acceptors (Lipinski definition) is 2. The molecule has 4 heteroatoms. The van der Waals surface area contributed by atoms with E-state index in [-0.39, 0.29) is 5.82 Å². The Morgan fingerprint density at radius 1 is 1.14 bits per heavy atom. The van der Waals surface area contributed by atoms with Crippen LogP contribution in [0, 0.1) is 26.6 Å². The molecule has 0 saturated carbocycles. The predicted octanol–water partition coefficient (Wildman–Crippen LogP) is 4.00. The second-order valence-electron chi connectivity index (χ2n) is 5.31. The van der Waals surface area contributed by atoms with Gasteiger partial charge in [-0.2, -0.15) is 0 Å². The van der Waals surface area contributed by atoms with Gasteiger partial charge in [-0.05, 0) is 49.6 Å². The molecule has 0 aliphatic heterocycles. The summed E-state index contributed by atoms with van der Waals surface area (Å²) in [4.78, 5) is 0.368. The number of anilines is 1. The highest BCUT2D eigenvalue weighted by molar-refractivity contribution is 7.80. The smallest absolute Gasteiger partial charge is 0.129 e. The monoisotopic (exact) mass is 302 g/mol. The molecule has 0 bridgehead atoms. The second kappa shape index (κ2) is 6.22. The number of halogens is 1. The molecular formula is C17H19FN2S. The Hall–Kier alpha value is -1.94. The van der Waals surface area contributed by atoms with E-state index in [4.69, 9.17) is 18.0 Å². The van der Waals surface area contributed by atoms with Crippen molar-refractivity contribution in [2.45, 2.75) is 27.3 Å². The van der Waals surface area contributed by atoms with Crippen LogP contribution in [0.3, 0.4) is 0 Å². The third kappa shape index (κ3) is 3.58. The van der Waals surface area contributed by atoms with E-state index in [0.29, 0.717) is 22.7 Å². The Kier molecular flexibility index (Phi) is 4.58. The maximum atomic E-state index is 13.6. The number of hydrogen-bond donors (Lipinski definition) is 2. The minimum absolute atomic E-state index is 0.141. The minimum atomic E-state index is -0.141. The van der Waals surface area contributed by atoms with Crippen LogP contribution >= 0.6 is 12.2 Å². The first kappa shape index (κ1) is 15.4. The van der Waals surface area contributed by atoms with Crippen molar-refractivity contribution in [1.82, 2.24) is 0 Å². The summed E-state index contributed by atoms with van der Waals surface area (Å²) in [6.07, 6.45) is 0. The zero-order valence-corrected chi connectivity index (χ0v) is 13.3. The summed E-state index contributed by atoms with van der Waals surface area (Å²) in [7, 11) is 0. The van der Waals surface area contributed by atoms with Crippen LogP contribution in [0.25, 0.3) is 0 Å². The van der Waals surface area contributed by atoms with Crippen LogP contribution in [-0.2, 0) is 6.54 Å². The quantitative estimate of drug-likeness (QED) is 0.838. The summed E-state index contributed by atoms with van der Waals surface area (Å²) in [6, 6.07) is 9.64. The molecule has 0 aromatic heterocycles.